The highest BCUT2D eigenvalue weighted by atomic mass is 16.6. The Bertz CT molecular complexity index is 405. The number of aryl methyl sites for hydroxylation is 1. The lowest BCUT2D eigenvalue weighted by atomic mass is 10.0. The molecule has 0 radical (unpaired) electrons. The fourth-order valence-electron chi connectivity index (χ4n) is 1.62. The van der Waals surface area contributed by atoms with E-state index in [1.807, 2.05) is 39.8 Å². The molecule has 0 atom stereocenters. The molecule has 1 aromatic rings. The smallest absolute Gasteiger partial charge is 0.412 e. The summed E-state index contributed by atoms with van der Waals surface area (Å²) in [4.78, 5) is 11.6. The molecule has 1 amide bonds. The van der Waals surface area contributed by atoms with Gasteiger partial charge in [0.2, 0.25) is 0 Å². The molecule has 0 fully saturated rings. The minimum absolute atomic E-state index is 0.408. The van der Waals surface area contributed by atoms with E-state index in [1.54, 1.807) is 0 Å². The predicted molar refractivity (Wildman–Crippen MR) is 70.4 cm³/mol. The summed E-state index contributed by atoms with van der Waals surface area (Å²) in [6.07, 6.45) is 0.546. The third-order valence-corrected chi connectivity index (χ3v) is 2.46. The summed E-state index contributed by atoms with van der Waals surface area (Å²) < 4.78 is 5.22. The van der Waals surface area contributed by atoms with Gasteiger partial charge in [0.05, 0.1) is 0 Å². The summed E-state index contributed by atoms with van der Waals surface area (Å²) in [7, 11) is 0. The summed E-state index contributed by atoms with van der Waals surface area (Å²) in [6.45, 7) is 9.65. The van der Waals surface area contributed by atoms with Crippen molar-refractivity contribution in [3.05, 3.63) is 29.3 Å². The van der Waals surface area contributed by atoms with E-state index in [9.17, 15) is 4.79 Å². The first-order chi connectivity index (χ1) is 7.83. The Morgan fingerprint density at radius 1 is 1.35 bits per heavy atom. The highest BCUT2D eigenvalue weighted by Crippen LogP contribution is 2.20. The average molecular weight is 235 g/mol. The van der Waals surface area contributed by atoms with E-state index in [0.717, 1.165) is 17.7 Å². The molecule has 0 saturated carbocycles. The van der Waals surface area contributed by atoms with Crippen molar-refractivity contribution in [2.45, 2.75) is 46.6 Å². The van der Waals surface area contributed by atoms with Gasteiger partial charge < -0.3 is 4.74 Å². The van der Waals surface area contributed by atoms with Gasteiger partial charge in [-0.25, -0.2) is 4.79 Å². The predicted octanol–water partition coefficient (Wildman–Crippen LogP) is 3.90. The molecule has 1 N–H and O–H groups in total. The van der Waals surface area contributed by atoms with Crippen LogP contribution in [0.3, 0.4) is 0 Å². The Kier molecular flexibility index (Phi) is 4.16. The summed E-state index contributed by atoms with van der Waals surface area (Å²) in [5, 5.41) is 2.78. The molecule has 94 valence electrons. The highest BCUT2D eigenvalue weighted by Gasteiger charge is 2.16. The van der Waals surface area contributed by atoms with Gasteiger partial charge in [0.15, 0.2) is 0 Å². The molecule has 0 heterocycles. The quantitative estimate of drug-likeness (QED) is 0.844. The van der Waals surface area contributed by atoms with Crippen LogP contribution in [0.4, 0.5) is 10.5 Å². The maximum absolute atomic E-state index is 11.6. The summed E-state index contributed by atoms with van der Waals surface area (Å²) in [5.41, 5.74) is 2.68. The fourth-order valence-corrected chi connectivity index (χ4v) is 1.62. The number of hydrogen-bond acceptors (Lipinski definition) is 2. The molecule has 17 heavy (non-hydrogen) atoms. The first-order valence-corrected chi connectivity index (χ1v) is 5.92. The average Bonchev–Trinajstić information content (AvgIpc) is 2.18. The Hall–Kier alpha value is -1.51. The van der Waals surface area contributed by atoms with E-state index in [1.165, 1.54) is 5.56 Å². The van der Waals surface area contributed by atoms with E-state index >= 15 is 0 Å². The largest absolute Gasteiger partial charge is 0.444 e. The number of nitrogens with one attached hydrogen (secondary N) is 1. The van der Waals surface area contributed by atoms with E-state index in [-0.39, 0.29) is 0 Å². The molecule has 0 unspecified atom stereocenters. The van der Waals surface area contributed by atoms with Crippen molar-refractivity contribution in [1.82, 2.24) is 0 Å². The van der Waals surface area contributed by atoms with Crippen molar-refractivity contribution in [3.8, 4) is 0 Å². The van der Waals surface area contributed by atoms with Crippen molar-refractivity contribution in [1.29, 1.82) is 0 Å². The van der Waals surface area contributed by atoms with Crippen molar-refractivity contribution >= 4 is 11.8 Å². The molecule has 1 aromatic carbocycles. The molecule has 3 nitrogen and oxygen atoms in total. The van der Waals surface area contributed by atoms with E-state index in [4.69, 9.17) is 4.74 Å². The summed E-state index contributed by atoms with van der Waals surface area (Å²) in [6, 6.07) is 5.90. The number of carbonyl (C=O) groups is 1. The van der Waals surface area contributed by atoms with Crippen LogP contribution >= 0.6 is 0 Å². The van der Waals surface area contributed by atoms with Crippen LogP contribution in [0.5, 0.6) is 0 Å². The van der Waals surface area contributed by atoms with Crippen LogP contribution in [-0.2, 0) is 11.2 Å². The second-order valence-electron chi connectivity index (χ2n) is 5.07. The molecule has 1 rings (SSSR count). The number of amides is 1. The normalized spacial score (nSPS) is 11.1. The third kappa shape index (κ3) is 4.10. The number of hydrogen-bond donors (Lipinski definition) is 1. The molecule has 0 bridgehead atoms. The minimum atomic E-state index is -0.472. The zero-order valence-corrected chi connectivity index (χ0v) is 11.3. The maximum Gasteiger partial charge on any atom is 0.412 e. The van der Waals surface area contributed by atoms with Crippen molar-refractivity contribution in [3.63, 3.8) is 0 Å². The van der Waals surface area contributed by atoms with Crippen molar-refractivity contribution < 1.29 is 9.53 Å². The zero-order valence-electron chi connectivity index (χ0n) is 11.3. The van der Waals surface area contributed by atoms with Crippen LogP contribution in [0.25, 0.3) is 0 Å². The van der Waals surface area contributed by atoms with Crippen molar-refractivity contribution in [2.24, 2.45) is 0 Å². The van der Waals surface area contributed by atoms with Gasteiger partial charge in [-0.3, -0.25) is 5.32 Å². The molecule has 0 aliphatic rings. The molecular formula is C14H21NO2. The van der Waals surface area contributed by atoms with Gasteiger partial charge in [-0.1, -0.05) is 19.1 Å². The Labute approximate surface area is 103 Å². The van der Waals surface area contributed by atoms with Gasteiger partial charge in [0, 0.05) is 5.69 Å². The molecule has 0 aliphatic carbocycles. The van der Waals surface area contributed by atoms with Crippen molar-refractivity contribution in [2.75, 3.05) is 5.32 Å². The van der Waals surface area contributed by atoms with Gasteiger partial charge in [0.25, 0.3) is 0 Å². The molecule has 0 aliphatic heterocycles. The maximum atomic E-state index is 11.6. The SMILES string of the molecule is CCc1cccc(NC(=O)OC(C)(C)C)c1C. The van der Waals surface area contributed by atoms with Crippen LogP contribution in [0, 0.1) is 6.92 Å². The first-order valence-electron chi connectivity index (χ1n) is 5.92. The molecular weight excluding hydrogens is 214 g/mol. The van der Waals surface area contributed by atoms with Gasteiger partial charge in [-0.05, 0) is 51.3 Å². The van der Waals surface area contributed by atoms with Gasteiger partial charge >= 0.3 is 6.09 Å². The number of ether oxygens (including phenoxy) is 1. The summed E-state index contributed by atoms with van der Waals surface area (Å²) in [5.74, 6) is 0. The number of carbonyl (C=O) groups excluding carboxylic acids is 1. The molecule has 3 heteroatoms. The molecule has 0 aromatic heterocycles. The highest BCUT2D eigenvalue weighted by molar-refractivity contribution is 5.86. The van der Waals surface area contributed by atoms with E-state index in [0.29, 0.717) is 0 Å². The lowest BCUT2D eigenvalue weighted by molar-refractivity contribution is 0.0636. The number of benzene rings is 1. The lowest BCUT2D eigenvalue weighted by Gasteiger charge is -2.20. The van der Waals surface area contributed by atoms with Crippen LogP contribution < -0.4 is 5.32 Å². The molecule has 0 saturated heterocycles. The van der Waals surface area contributed by atoms with Gasteiger partial charge in [-0.2, -0.15) is 0 Å². The van der Waals surface area contributed by atoms with Gasteiger partial charge in [-0.15, -0.1) is 0 Å². The van der Waals surface area contributed by atoms with E-state index < -0.39 is 11.7 Å². The van der Waals surface area contributed by atoms with Crippen LogP contribution in [-0.4, -0.2) is 11.7 Å². The second-order valence-corrected chi connectivity index (χ2v) is 5.07. The van der Waals surface area contributed by atoms with Gasteiger partial charge in [0.1, 0.15) is 5.60 Å². The van der Waals surface area contributed by atoms with E-state index in [2.05, 4.69) is 18.3 Å². The molecule has 0 spiro atoms. The Morgan fingerprint density at radius 3 is 2.53 bits per heavy atom. The standard InChI is InChI=1S/C14H21NO2/c1-6-11-8-7-9-12(10(11)2)15-13(16)17-14(3,4)5/h7-9H,6H2,1-5H3,(H,15,16). The van der Waals surface area contributed by atoms with Crippen LogP contribution in [0.15, 0.2) is 18.2 Å². The minimum Gasteiger partial charge on any atom is -0.444 e. The first kappa shape index (κ1) is 13.6. The number of rotatable bonds is 2. The second kappa shape index (κ2) is 5.21. The zero-order chi connectivity index (χ0) is 13.1. The summed E-state index contributed by atoms with van der Waals surface area (Å²) >= 11 is 0. The topological polar surface area (TPSA) is 38.3 Å². The number of anilines is 1. The Morgan fingerprint density at radius 2 is 2.00 bits per heavy atom. The van der Waals surface area contributed by atoms with Crippen LogP contribution in [0.2, 0.25) is 0 Å². The monoisotopic (exact) mass is 235 g/mol. The van der Waals surface area contributed by atoms with Crippen LogP contribution in [0.1, 0.15) is 38.8 Å². The Balaban J connectivity index is 2.79. The third-order valence-electron chi connectivity index (χ3n) is 2.46. The lowest BCUT2D eigenvalue weighted by Crippen LogP contribution is -2.27. The fraction of sp³-hybridized carbons (Fsp3) is 0.500.